The molecule has 2 N–H and O–H groups in total. The molecule has 1 saturated heterocycles. The monoisotopic (exact) mass is 283 g/mol. The molecule has 0 amide bonds. The van der Waals surface area contributed by atoms with Gasteiger partial charge in [0.15, 0.2) is 6.29 Å². The van der Waals surface area contributed by atoms with Gasteiger partial charge in [0.25, 0.3) is 0 Å². The second-order valence-corrected chi connectivity index (χ2v) is 6.81. The van der Waals surface area contributed by atoms with E-state index in [2.05, 4.69) is 5.32 Å². The Labute approximate surface area is 122 Å². The number of aliphatic hydroxyl groups excluding tert-OH is 1. The van der Waals surface area contributed by atoms with Crippen molar-refractivity contribution < 1.29 is 14.6 Å². The lowest BCUT2D eigenvalue weighted by atomic mass is 9.80. The maximum absolute atomic E-state index is 9.52. The van der Waals surface area contributed by atoms with Gasteiger partial charge in [0.05, 0.1) is 19.3 Å². The second-order valence-electron chi connectivity index (χ2n) is 6.81. The van der Waals surface area contributed by atoms with Crippen molar-refractivity contribution in [3.63, 3.8) is 0 Å². The predicted molar refractivity (Wildman–Crippen MR) is 77.4 cm³/mol. The molecule has 2 unspecified atom stereocenters. The van der Waals surface area contributed by atoms with E-state index in [-0.39, 0.29) is 12.4 Å². The minimum atomic E-state index is -0.0819. The van der Waals surface area contributed by atoms with Crippen molar-refractivity contribution in [2.45, 2.75) is 69.8 Å². The lowest BCUT2D eigenvalue weighted by Gasteiger charge is -2.27. The molecule has 1 heterocycles. The molecule has 0 spiro atoms. The van der Waals surface area contributed by atoms with Gasteiger partial charge in [0.1, 0.15) is 0 Å². The Bertz CT molecular complexity index is 275. The van der Waals surface area contributed by atoms with E-state index in [0.29, 0.717) is 6.04 Å². The molecule has 2 saturated carbocycles. The van der Waals surface area contributed by atoms with E-state index in [1.54, 1.807) is 0 Å². The third-order valence-corrected chi connectivity index (χ3v) is 5.33. The summed E-state index contributed by atoms with van der Waals surface area (Å²) in [4.78, 5) is 0. The van der Waals surface area contributed by atoms with Crippen molar-refractivity contribution in [3.8, 4) is 0 Å². The van der Waals surface area contributed by atoms with E-state index in [9.17, 15) is 5.11 Å². The summed E-state index contributed by atoms with van der Waals surface area (Å²) in [6.07, 6.45) is 9.17. The zero-order valence-electron chi connectivity index (χ0n) is 12.4. The molecule has 1 aliphatic heterocycles. The number of hydrogen-bond donors (Lipinski definition) is 2. The van der Waals surface area contributed by atoms with Crippen LogP contribution in [0.3, 0.4) is 0 Å². The van der Waals surface area contributed by atoms with Crippen LogP contribution in [0, 0.1) is 11.8 Å². The van der Waals surface area contributed by atoms with Gasteiger partial charge in [-0.25, -0.2) is 0 Å². The lowest BCUT2D eigenvalue weighted by molar-refractivity contribution is -0.128. The van der Waals surface area contributed by atoms with Crippen LogP contribution in [0.1, 0.15) is 51.4 Å². The van der Waals surface area contributed by atoms with Gasteiger partial charge >= 0.3 is 0 Å². The minimum Gasteiger partial charge on any atom is -0.393 e. The zero-order chi connectivity index (χ0) is 13.8. The number of nitrogens with one attached hydrogen (secondary N) is 1. The van der Waals surface area contributed by atoms with E-state index in [1.807, 2.05) is 0 Å². The van der Waals surface area contributed by atoms with Crippen molar-refractivity contribution in [2.75, 3.05) is 19.8 Å². The molecule has 0 aromatic heterocycles. The Morgan fingerprint density at radius 2 is 1.45 bits per heavy atom. The van der Waals surface area contributed by atoms with Gasteiger partial charge in [-0.15, -0.1) is 0 Å². The number of hydrogen-bond acceptors (Lipinski definition) is 4. The smallest absolute Gasteiger partial charge is 0.169 e. The summed E-state index contributed by atoms with van der Waals surface area (Å²) < 4.78 is 11.9. The van der Waals surface area contributed by atoms with Gasteiger partial charge < -0.3 is 19.9 Å². The summed E-state index contributed by atoms with van der Waals surface area (Å²) in [5, 5.41) is 13.1. The molecule has 0 aromatic rings. The SMILES string of the molecule is OC1CCC(NCC2OCC3CCCCC3CO2)CC1. The van der Waals surface area contributed by atoms with Crippen LogP contribution < -0.4 is 5.32 Å². The average Bonchev–Trinajstić information content (AvgIpc) is 2.69. The van der Waals surface area contributed by atoms with E-state index in [4.69, 9.17) is 9.47 Å². The van der Waals surface area contributed by atoms with Gasteiger partial charge in [-0.05, 0) is 50.4 Å². The highest BCUT2D eigenvalue weighted by Crippen LogP contribution is 2.32. The van der Waals surface area contributed by atoms with Crippen LogP contribution in [0.5, 0.6) is 0 Å². The number of aliphatic hydroxyl groups is 1. The molecule has 0 radical (unpaired) electrons. The standard InChI is InChI=1S/C16H29NO3/c18-15-7-5-14(6-8-15)17-9-16-19-10-12-3-1-2-4-13(12)11-20-16/h12-18H,1-11H2. The van der Waals surface area contributed by atoms with Gasteiger partial charge in [0, 0.05) is 12.6 Å². The fourth-order valence-electron chi connectivity index (χ4n) is 3.89. The van der Waals surface area contributed by atoms with E-state index in [1.165, 1.54) is 25.7 Å². The summed E-state index contributed by atoms with van der Waals surface area (Å²) >= 11 is 0. The van der Waals surface area contributed by atoms with E-state index in [0.717, 1.165) is 57.3 Å². The molecule has 3 rings (SSSR count). The van der Waals surface area contributed by atoms with Crippen LogP contribution in [0.2, 0.25) is 0 Å². The molecular formula is C16H29NO3. The number of ether oxygens (including phenoxy) is 2. The molecular weight excluding hydrogens is 254 g/mol. The molecule has 0 bridgehead atoms. The van der Waals surface area contributed by atoms with Gasteiger partial charge in [-0.3, -0.25) is 0 Å². The molecule has 4 nitrogen and oxygen atoms in total. The molecule has 0 aromatic carbocycles. The van der Waals surface area contributed by atoms with Crippen LogP contribution in [-0.4, -0.2) is 43.3 Å². The molecule has 116 valence electrons. The van der Waals surface area contributed by atoms with E-state index < -0.39 is 0 Å². The molecule has 20 heavy (non-hydrogen) atoms. The van der Waals surface area contributed by atoms with Gasteiger partial charge in [-0.2, -0.15) is 0 Å². The first-order chi connectivity index (χ1) is 9.81. The maximum Gasteiger partial charge on any atom is 0.169 e. The average molecular weight is 283 g/mol. The molecule has 2 atom stereocenters. The van der Waals surface area contributed by atoms with Crippen LogP contribution >= 0.6 is 0 Å². The summed E-state index contributed by atoms with van der Waals surface area (Å²) in [6, 6.07) is 0.524. The highest BCUT2D eigenvalue weighted by molar-refractivity contribution is 4.79. The minimum absolute atomic E-state index is 0.0764. The molecule has 3 aliphatic rings. The largest absolute Gasteiger partial charge is 0.393 e. The maximum atomic E-state index is 9.52. The zero-order valence-corrected chi connectivity index (χ0v) is 12.4. The Kier molecular flexibility index (Phi) is 5.32. The first-order valence-corrected chi connectivity index (χ1v) is 8.46. The Morgan fingerprint density at radius 1 is 0.850 bits per heavy atom. The molecule has 4 heteroatoms. The van der Waals surface area contributed by atoms with Crippen molar-refractivity contribution in [1.29, 1.82) is 0 Å². The third kappa shape index (κ3) is 3.94. The third-order valence-electron chi connectivity index (χ3n) is 5.33. The van der Waals surface area contributed by atoms with Crippen LogP contribution in [0.25, 0.3) is 0 Å². The second kappa shape index (κ2) is 7.21. The van der Waals surface area contributed by atoms with Crippen molar-refractivity contribution in [1.82, 2.24) is 5.32 Å². The first-order valence-electron chi connectivity index (χ1n) is 8.46. The topological polar surface area (TPSA) is 50.7 Å². The normalized spacial score (nSPS) is 42.8. The fourth-order valence-corrected chi connectivity index (χ4v) is 3.89. The van der Waals surface area contributed by atoms with Crippen molar-refractivity contribution in [2.24, 2.45) is 11.8 Å². The Balaban J connectivity index is 1.40. The predicted octanol–water partition coefficient (Wildman–Crippen LogP) is 2.06. The summed E-state index contributed by atoms with van der Waals surface area (Å²) in [5.74, 6) is 1.44. The first kappa shape index (κ1) is 14.8. The lowest BCUT2D eigenvalue weighted by Crippen LogP contribution is -2.40. The quantitative estimate of drug-likeness (QED) is 0.832. The Hall–Kier alpha value is -0.160. The number of rotatable bonds is 3. The van der Waals surface area contributed by atoms with Crippen molar-refractivity contribution >= 4 is 0 Å². The van der Waals surface area contributed by atoms with Crippen LogP contribution in [0.4, 0.5) is 0 Å². The Morgan fingerprint density at radius 3 is 2.05 bits per heavy atom. The van der Waals surface area contributed by atoms with Crippen LogP contribution in [0.15, 0.2) is 0 Å². The molecule has 2 aliphatic carbocycles. The fraction of sp³-hybridized carbons (Fsp3) is 1.00. The summed E-state index contributed by atoms with van der Waals surface area (Å²) in [6.45, 7) is 2.54. The van der Waals surface area contributed by atoms with E-state index >= 15 is 0 Å². The summed E-state index contributed by atoms with van der Waals surface area (Å²) in [7, 11) is 0. The highest BCUT2D eigenvalue weighted by atomic mass is 16.7. The van der Waals surface area contributed by atoms with Gasteiger partial charge in [-0.1, -0.05) is 12.8 Å². The molecule has 3 fully saturated rings. The van der Waals surface area contributed by atoms with Crippen molar-refractivity contribution in [3.05, 3.63) is 0 Å². The summed E-state index contributed by atoms with van der Waals surface area (Å²) in [5.41, 5.74) is 0. The van der Waals surface area contributed by atoms with Gasteiger partial charge in [0.2, 0.25) is 0 Å². The number of fused-ring (bicyclic) bond motifs is 1. The highest BCUT2D eigenvalue weighted by Gasteiger charge is 2.30. The van der Waals surface area contributed by atoms with Crippen LogP contribution in [-0.2, 0) is 9.47 Å².